The zero-order valence-corrected chi connectivity index (χ0v) is 15.1. The summed E-state index contributed by atoms with van der Waals surface area (Å²) < 4.78 is 0. The van der Waals surface area contributed by atoms with E-state index in [0.717, 1.165) is 31.2 Å². The normalized spacial score (nSPS) is 10.8. The lowest BCUT2D eigenvalue weighted by atomic mass is 10.0. The van der Waals surface area contributed by atoms with E-state index < -0.39 is 0 Å². The second-order valence-electron chi connectivity index (χ2n) is 6.23. The van der Waals surface area contributed by atoms with Crippen molar-refractivity contribution in [3.63, 3.8) is 0 Å². The van der Waals surface area contributed by atoms with Crippen molar-refractivity contribution in [2.45, 2.75) is 39.0 Å². The fourth-order valence-corrected chi connectivity index (χ4v) is 2.54. The molecule has 0 radical (unpaired) electrons. The molecule has 0 unspecified atom stereocenters. The number of unbranched alkanes of at least 4 members (excludes halogenated alkanes) is 3. The number of carbonyl (C=O) groups excluding carboxylic acids is 2. The summed E-state index contributed by atoms with van der Waals surface area (Å²) in [5.74, 6) is 0.0783. The zero-order chi connectivity index (χ0) is 18.8. The van der Waals surface area contributed by atoms with Crippen molar-refractivity contribution >= 4 is 23.5 Å². The molecule has 0 aromatic heterocycles. The molecule has 136 valence electrons. The molecule has 0 saturated heterocycles. The highest BCUT2D eigenvalue weighted by Gasteiger charge is 2.06. The van der Waals surface area contributed by atoms with E-state index in [2.05, 4.69) is 12.2 Å². The molecule has 2 aromatic rings. The maximum atomic E-state index is 12.1. The van der Waals surface area contributed by atoms with Gasteiger partial charge in [0.1, 0.15) is 5.75 Å². The molecule has 4 nitrogen and oxygen atoms in total. The van der Waals surface area contributed by atoms with E-state index in [4.69, 9.17) is 0 Å². The number of amides is 1. The molecule has 2 rings (SSSR count). The number of phenolic OH excluding ortho intramolecular Hbond substituents is 1. The van der Waals surface area contributed by atoms with E-state index in [1.807, 2.05) is 0 Å². The van der Waals surface area contributed by atoms with Crippen molar-refractivity contribution in [3.05, 3.63) is 65.7 Å². The second-order valence-corrected chi connectivity index (χ2v) is 6.23. The average molecular weight is 351 g/mol. The molecule has 1 amide bonds. The number of benzene rings is 2. The Morgan fingerprint density at radius 3 is 2.31 bits per heavy atom. The minimum atomic E-state index is -0.253. The maximum absolute atomic E-state index is 12.1. The molecule has 0 aliphatic carbocycles. The number of hydrogen-bond acceptors (Lipinski definition) is 3. The molecule has 2 aromatic carbocycles. The first-order valence-corrected chi connectivity index (χ1v) is 9.00. The molecule has 0 saturated carbocycles. The van der Waals surface area contributed by atoms with Crippen molar-refractivity contribution < 1.29 is 14.7 Å². The first-order valence-electron chi connectivity index (χ1n) is 9.00. The summed E-state index contributed by atoms with van der Waals surface area (Å²) in [6, 6.07) is 13.6. The van der Waals surface area contributed by atoms with Gasteiger partial charge in [0, 0.05) is 23.7 Å². The minimum absolute atomic E-state index is 0.145. The van der Waals surface area contributed by atoms with Gasteiger partial charge in [-0.25, -0.2) is 0 Å². The van der Waals surface area contributed by atoms with Gasteiger partial charge in [0.2, 0.25) is 5.91 Å². The van der Waals surface area contributed by atoms with Crippen LogP contribution in [-0.4, -0.2) is 16.8 Å². The predicted molar refractivity (Wildman–Crippen MR) is 105 cm³/mol. The monoisotopic (exact) mass is 351 g/mol. The molecule has 0 spiro atoms. The fourth-order valence-electron chi connectivity index (χ4n) is 2.54. The Labute approximate surface area is 154 Å². The topological polar surface area (TPSA) is 66.4 Å². The third kappa shape index (κ3) is 6.55. The van der Waals surface area contributed by atoms with Crippen LogP contribution in [0.15, 0.2) is 54.6 Å². The van der Waals surface area contributed by atoms with Crippen LogP contribution < -0.4 is 5.32 Å². The molecule has 0 aliphatic rings. The summed E-state index contributed by atoms with van der Waals surface area (Å²) in [6.07, 6.45) is 8.00. The van der Waals surface area contributed by atoms with Crippen molar-refractivity contribution in [2.75, 3.05) is 5.32 Å². The van der Waals surface area contributed by atoms with Crippen LogP contribution in [0.25, 0.3) is 6.08 Å². The summed E-state index contributed by atoms with van der Waals surface area (Å²) in [6.45, 7) is 2.15. The third-order valence-electron chi connectivity index (χ3n) is 4.05. The van der Waals surface area contributed by atoms with E-state index in [1.54, 1.807) is 54.6 Å². The molecule has 26 heavy (non-hydrogen) atoms. The number of aromatic hydroxyl groups is 1. The van der Waals surface area contributed by atoms with Gasteiger partial charge in [-0.1, -0.05) is 38.3 Å². The number of hydrogen-bond donors (Lipinski definition) is 2. The lowest BCUT2D eigenvalue weighted by Gasteiger charge is -2.05. The Morgan fingerprint density at radius 1 is 0.962 bits per heavy atom. The number of phenols is 1. The Balaban J connectivity index is 1.85. The van der Waals surface area contributed by atoms with Crippen molar-refractivity contribution in [1.29, 1.82) is 0 Å². The summed E-state index contributed by atoms with van der Waals surface area (Å²) >= 11 is 0. The van der Waals surface area contributed by atoms with E-state index in [9.17, 15) is 14.7 Å². The van der Waals surface area contributed by atoms with Gasteiger partial charge in [0.25, 0.3) is 0 Å². The van der Waals surface area contributed by atoms with Gasteiger partial charge >= 0.3 is 0 Å². The van der Waals surface area contributed by atoms with Crippen LogP contribution in [0.2, 0.25) is 0 Å². The van der Waals surface area contributed by atoms with Crippen LogP contribution in [0.4, 0.5) is 5.69 Å². The Bertz CT molecular complexity index is 746. The molecular weight excluding hydrogens is 326 g/mol. The largest absolute Gasteiger partial charge is 0.508 e. The summed E-state index contributed by atoms with van der Waals surface area (Å²) in [4.78, 5) is 24.1. The smallest absolute Gasteiger partial charge is 0.248 e. The Kier molecular flexibility index (Phi) is 7.62. The van der Waals surface area contributed by atoms with Gasteiger partial charge in [-0.15, -0.1) is 0 Å². The van der Waals surface area contributed by atoms with Crippen LogP contribution >= 0.6 is 0 Å². The fraction of sp³-hybridized carbons (Fsp3) is 0.273. The first-order chi connectivity index (χ1) is 12.6. The molecule has 4 heteroatoms. The highest BCUT2D eigenvalue weighted by atomic mass is 16.3. The molecular formula is C22H25NO3. The number of nitrogens with one attached hydrogen (secondary N) is 1. The highest BCUT2D eigenvalue weighted by Crippen LogP contribution is 2.14. The van der Waals surface area contributed by atoms with Gasteiger partial charge in [0.15, 0.2) is 5.78 Å². The van der Waals surface area contributed by atoms with Crippen molar-refractivity contribution in [1.82, 2.24) is 0 Å². The predicted octanol–water partition coefficient (Wildman–Crippen LogP) is 5.20. The molecule has 0 fully saturated rings. The lowest BCUT2D eigenvalue weighted by molar-refractivity contribution is -0.111. The van der Waals surface area contributed by atoms with Crippen LogP contribution in [0.3, 0.4) is 0 Å². The lowest BCUT2D eigenvalue weighted by Crippen LogP contribution is -2.08. The summed E-state index contributed by atoms with van der Waals surface area (Å²) in [5.41, 5.74) is 2.15. The molecule has 0 aliphatic heterocycles. The number of carbonyl (C=O) groups is 2. The molecule has 2 N–H and O–H groups in total. The van der Waals surface area contributed by atoms with Crippen LogP contribution in [0.5, 0.6) is 5.75 Å². The Morgan fingerprint density at radius 2 is 1.65 bits per heavy atom. The van der Waals surface area contributed by atoms with Crippen molar-refractivity contribution in [2.24, 2.45) is 0 Å². The van der Waals surface area contributed by atoms with Crippen LogP contribution in [0.1, 0.15) is 54.9 Å². The van der Waals surface area contributed by atoms with Crippen molar-refractivity contribution in [3.8, 4) is 5.75 Å². The van der Waals surface area contributed by atoms with Crippen LogP contribution in [0, 0.1) is 0 Å². The van der Waals surface area contributed by atoms with Gasteiger partial charge in [-0.05, 0) is 54.5 Å². The van der Waals surface area contributed by atoms with E-state index in [-0.39, 0.29) is 17.4 Å². The van der Waals surface area contributed by atoms with Gasteiger partial charge in [0.05, 0.1) is 0 Å². The van der Waals surface area contributed by atoms with Gasteiger partial charge < -0.3 is 10.4 Å². The van der Waals surface area contributed by atoms with Gasteiger partial charge in [-0.2, -0.15) is 0 Å². The SMILES string of the molecule is CCCCCCC(=O)c1ccc(NC(=O)/C=C/c2ccc(O)cc2)cc1. The summed E-state index contributed by atoms with van der Waals surface area (Å²) in [7, 11) is 0. The first kappa shape index (κ1) is 19.4. The van der Waals surface area contributed by atoms with E-state index in [0.29, 0.717) is 17.7 Å². The van der Waals surface area contributed by atoms with E-state index in [1.165, 1.54) is 6.08 Å². The highest BCUT2D eigenvalue weighted by molar-refractivity contribution is 6.02. The second kappa shape index (κ2) is 10.2. The standard InChI is InChI=1S/C22H25NO3/c1-2-3-4-5-6-21(25)18-10-12-19(13-11-18)23-22(26)16-9-17-7-14-20(24)15-8-17/h7-16,24H,2-6H2,1H3,(H,23,26)/b16-9+. The molecule has 0 heterocycles. The number of rotatable bonds is 9. The Hall–Kier alpha value is -2.88. The zero-order valence-electron chi connectivity index (χ0n) is 15.1. The van der Waals surface area contributed by atoms with Gasteiger partial charge in [-0.3, -0.25) is 9.59 Å². The molecule has 0 bridgehead atoms. The summed E-state index contributed by atoms with van der Waals surface area (Å²) in [5, 5.41) is 12.0. The van der Waals surface area contributed by atoms with E-state index >= 15 is 0 Å². The third-order valence-corrected chi connectivity index (χ3v) is 4.05. The molecule has 0 atom stereocenters. The van der Waals surface area contributed by atoms with Crippen LogP contribution in [-0.2, 0) is 4.79 Å². The maximum Gasteiger partial charge on any atom is 0.248 e. The number of ketones is 1. The quantitative estimate of drug-likeness (QED) is 0.371. The number of anilines is 1. The average Bonchev–Trinajstić information content (AvgIpc) is 2.65. The minimum Gasteiger partial charge on any atom is -0.508 e. The number of Topliss-reactive ketones (excluding diaryl/α,β-unsaturated/α-hetero) is 1.